The molecule has 0 saturated heterocycles. The van der Waals surface area contributed by atoms with Crippen molar-refractivity contribution >= 4 is 38.9 Å². The monoisotopic (exact) mass is 655 g/mol. The number of aryl methyl sites for hydroxylation is 1. The maximum Gasteiger partial charge on any atom is 0.238 e. The quantitative estimate of drug-likeness (QED) is 0.171. The summed E-state index contributed by atoms with van der Waals surface area (Å²) in [7, 11) is 0. The molecule has 2 aromatic heterocycles. The molecule has 2 heterocycles. The second-order valence-corrected chi connectivity index (χ2v) is 12.6. The highest BCUT2D eigenvalue weighted by Gasteiger charge is 2.23. The van der Waals surface area contributed by atoms with Crippen LogP contribution in [0.2, 0.25) is 0 Å². The van der Waals surface area contributed by atoms with E-state index in [0.29, 0.717) is 17.6 Å². The summed E-state index contributed by atoms with van der Waals surface area (Å²) in [6.07, 6.45) is 0. The summed E-state index contributed by atoms with van der Waals surface area (Å²) in [5, 5.41) is 2.23. The van der Waals surface area contributed by atoms with Crippen LogP contribution < -0.4 is 4.90 Å². The molecule has 0 N–H and O–H groups in total. The Kier molecular flexibility index (Phi) is 7.63. The summed E-state index contributed by atoms with van der Waals surface area (Å²) in [6.45, 7) is 2.12. The number of para-hydroxylation sites is 1. The number of anilines is 3. The first-order valence-corrected chi connectivity index (χ1v) is 17.1. The van der Waals surface area contributed by atoms with Crippen molar-refractivity contribution in [3.63, 3.8) is 0 Å². The predicted octanol–water partition coefficient (Wildman–Crippen LogP) is 11.7. The molecule has 9 rings (SSSR count). The molecule has 7 aromatic carbocycles. The fourth-order valence-electron chi connectivity index (χ4n) is 6.85. The van der Waals surface area contributed by atoms with Gasteiger partial charge in [0.15, 0.2) is 11.6 Å². The molecule has 0 saturated carbocycles. The van der Waals surface area contributed by atoms with Gasteiger partial charge in [-0.15, -0.1) is 0 Å². The predicted molar refractivity (Wildman–Crippen MR) is 210 cm³/mol. The number of hydrogen-bond donors (Lipinski definition) is 0. The second-order valence-electron chi connectivity index (χ2n) is 12.6. The van der Waals surface area contributed by atoms with Gasteiger partial charge in [-0.3, -0.25) is 4.57 Å². The van der Waals surface area contributed by atoms with Crippen molar-refractivity contribution in [2.75, 3.05) is 4.90 Å². The smallest absolute Gasteiger partial charge is 0.238 e. The second kappa shape index (κ2) is 12.9. The average Bonchev–Trinajstić information content (AvgIpc) is 3.55. The van der Waals surface area contributed by atoms with Crippen LogP contribution in [0.25, 0.3) is 61.7 Å². The van der Waals surface area contributed by atoms with E-state index < -0.39 is 0 Å². The van der Waals surface area contributed by atoms with E-state index in [4.69, 9.17) is 15.0 Å². The van der Waals surface area contributed by atoms with Crippen LogP contribution in [0.15, 0.2) is 182 Å². The molecular formula is C46H33N5. The minimum Gasteiger partial charge on any atom is -0.310 e. The Hall–Kier alpha value is -6.85. The summed E-state index contributed by atoms with van der Waals surface area (Å²) in [5.41, 5.74) is 10.7. The minimum atomic E-state index is 0.570. The van der Waals surface area contributed by atoms with Crippen molar-refractivity contribution in [2.24, 2.45) is 0 Å². The molecular weight excluding hydrogens is 623 g/mol. The van der Waals surface area contributed by atoms with E-state index in [1.807, 2.05) is 60.7 Å². The highest BCUT2D eigenvalue weighted by atomic mass is 15.2. The number of hydrogen-bond acceptors (Lipinski definition) is 4. The van der Waals surface area contributed by atoms with Crippen LogP contribution >= 0.6 is 0 Å². The van der Waals surface area contributed by atoms with Gasteiger partial charge in [-0.05, 0) is 60.5 Å². The maximum absolute atomic E-state index is 5.14. The van der Waals surface area contributed by atoms with E-state index in [1.165, 1.54) is 16.7 Å². The zero-order valence-corrected chi connectivity index (χ0v) is 28.1. The lowest BCUT2D eigenvalue weighted by atomic mass is 10.0. The van der Waals surface area contributed by atoms with E-state index >= 15 is 0 Å². The lowest BCUT2D eigenvalue weighted by Crippen LogP contribution is -2.10. The molecule has 0 unspecified atom stereocenters. The number of aromatic nitrogens is 4. The number of fused-ring (bicyclic) bond motifs is 3. The van der Waals surface area contributed by atoms with E-state index in [2.05, 4.69) is 138 Å². The van der Waals surface area contributed by atoms with Gasteiger partial charge in [-0.25, -0.2) is 4.98 Å². The van der Waals surface area contributed by atoms with Crippen LogP contribution in [0.3, 0.4) is 0 Å². The van der Waals surface area contributed by atoms with E-state index in [9.17, 15) is 0 Å². The van der Waals surface area contributed by atoms with Gasteiger partial charge in [-0.2, -0.15) is 9.97 Å². The molecule has 0 bridgehead atoms. The normalized spacial score (nSPS) is 11.2. The first kappa shape index (κ1) is 30.2. The number of benzene rings is 7. The summed E-state index contributed by atoms with van der Waals surface area (Å²) < 4.78 is 2.18. The zero-order chi connectivity index (χ0) is 34.1. The van der Waals surface area contributed by atoms with Crippen LogP contribution in [0, 0.1) is 6.92 Å². The standard InChI is InChI=1S/C46H33N5/c1-32-24-28-37(29-25-32)50(38-30-26-34(27-31-38)33-14-5-2-6-15-33)41-22-13-23-42-43(41)39-20-11-12-21-40(39)51(42)46-48-44(35-16-7-3-8-17-35)47-45(49-46)36-18-9-4-10-19-36/h2-31H,1H3. The Bertz CT molecular complexity index is 2560. The van der Waals surface area contributed by atoms with Gasteiger partial charge in [0.1, 0.15) is 0 Å². The molecule has 5 heteroatoms. The third kappa shape index (κ3) is 5.61. The SMILES string of the molecule is Cc1ccc(N(c2ccc(-c3ccccc3)cc2)c2cccc3c2c2ccccc2n3-c2nc(-c3ccccc3)nc(-c3ccccc3)n2)cc1. The van der Waals surface area contributed by atoms with Crippen molar-refractivity contribution in [3.8, 4) is 39.9 Å². The number of rotatable bonds is 7. The molecule has 0 aliphatic carbocycles. The topological polar surface area (TPSA) is 46.8 Å². The molecule has 9 aromatic rings. The lowest BCUT2D eigenvalue weighted by Gasteiger charge is -2.27. The Labute approximate surface area is 296 Å². The van der Waals surface area contributed by atoms with Gasteiger partial charge in [0, 0.05) is 33.3 Å². The van der Waals surface area contributed by atoms with Crippen LogP contribution in [0.5, 0.6) is 0 Å². The van der Waals surface area contributed by atoms with E-state index in [1.54, 1.807) is 0 Å². The van der Waals surface area contributed by atoms with Gasteiger partial charge < -0.3 is 4.90 Å². The highest BCUT2D eigenvalue weighted by molar-refractivity contribution is 6.16. The molecule has 0 aliphatic rings. The van der Waals surface area contributed by atoms with E-state index in [0.717, 1.165) is 50.0 Å². The summed E-state index contributed by atoms with van der Waals surface area (Å²) in [4.78, 5) is 17.6. The van der Waals surface area contributed by atoms with Gasteiger partial charge in [0.05, 0.1) is 16.7 Å². The highest BCUT2D eigenvalue weighted by Crippen LogP contribution is 2.44. The van der Waals surface area contributed by atoms with Gasteiger partial charge >= 0.3 is 0 Å². The average molecular weight is 656 g/mol. The first-order chi connectivity index (χ1) is 25.2. The molecule has 5 nitrogen and oxygen atoms in total. The van der Waals surface area contributed by atoms with Gasteiger partial charge in [0.2, 0.25) is 5.95 Å². The maximum atomic E-state index is 5.14. The summed E-state index contributed by atoms with van der Waals surface area (Å²) in [5.74, 6) is 1.82. The van der Waals surface area contributed by atoms with Crippen LogP contribution in [0.4, 0.5) is 17.1 Å². The van der Waals surface area contributed by atoms with Crippen molar-refractivity contribution in [1.82, 2.24) is 19.5 Å². The largest absolute Gasteiger partial charge is 0.310 e. The third-order valence-electron chi connectivity index (χ3n) is 9.33. The van der Waals surface area contributed by atoms with Crippen LogP contribution in [-0.4, -0.2) is 19.5 Å². The Morgan fingerprint density at radius 1 is 0.412 bits per heavy atom. The Balaban J connectivity index is 1.29. The van der Waals surface area contributed by atoms with Crippen molar-refractivity contribution in [3.05, 3.63) is 188 Å². The molecule has 0 radical (unpaired) electrons. The molecule has 0 aliphatic heterocycles. The fourth-order valence-corrected chi connectivity index (χ4v) is 6.85. The van der Waals surface area contributed by atoms with Crippen LogP contribution in [0.1, 0.15) is 5.56 Å². The third-order valence-corrected chi connectivity index (χ3v) is 9.33. The number of nitrogens with zero attached hydrogens (tertiary/aromatic N) is 5. The molecule has 51 heavy (non-hydrogen) atoms. The van der Waals surface area contributed by atoms with Crippen molar-refractivity contribution in [1.29, 1.82) is 0 Å². The van der Waals surface area contributed by atoms with Gasteiger partial charge in [-0.1, -0.05) is 145 Å². The van der Waals surface area contributed by atoms with Gasteiger partial charge in [0.25, 0.3) is 0 Å². The van der Waals surface area contributed by atoms with E-state index in [-0.39, 0.29) is 0 Å². The first-order valence-electron chi connectivity index (χ1n) is 17.1. The molecule has 242 valence electrons. The van der Waals surface area contributed by atoms with Crippen LogP contribution in [-0.2, 0) is 0 Å². The Morgan fingerprint density at radius 3 is 1.51 bits per heavy atom. The molecule has 0 spiro atoms. The lowest BCUT2D eigenvalue weighted by molar-refractivity contribution is 0.953. The molecule has 0 atom stereocenters. The van der Waals surface area contributed by atoms with Crippen molar-refractivity contribution in [2.45, 2.75) is 6.92 Å². The fraction of sp³-hybridized carbons (Fsp3) is 0.0217. The Morgan fingerprint density at radius 2 is 0.902 bits per heavy atom. The summed E-state index contributed by atoms with van der Waals surface area (Å²) >= 11 is 0. The zero-order valence-electron chi connectivity index (χ0n) is 28.1. The van der Waals surface area contributed by atoms with Crippen molar-refractivity contribution < 1.29 is 0 Å². The molecule has 0 fully saturated rings. The molecule has 0 amide bonds. The minimum absolute atomic E-state index is 0.570. The summed E-state index contributed by atoms with van der Waals surface area (Å²) in [6, 6.07) is 63.4.